The molecular weight excluding hydrogens is 570 g/mol. The molecule has 2 fully saturated rings. The van der Waals surface area contributed by atoms with Crippen molar-refractivity contribution in [3.63, 3.8) is 0 Å². The summed E-state index contributed by atoms with van der Waals surface area (Å²) in [4.78, 5) is 57.4. The summed E-state index contributed by atoms with van der Waals surface area (Å²) in [6, 6.07) is -1.08. The van der Waals surface area contributed by atoms with Crippen LogP contribution in [0.5, 0.6) is 0 Å². The molecule has 2 saturated heterocycles. The third-order valence-electron chi connectivity index (χ3n) is 8.06. The van der Waals surface area contributed by atoms with E-state index in [9.17, 15) is 19.2 Å². The summed E-state index contributed by atoms with van der Waals surface area (Å²) >= 11 is 3.55. The standard InChI is InChI=1S/C28H40BrN3O7/c1-17(2)31-12-9-6-7-11-20(34)30-16-18(3)38-27(37)21-22-25(35)32(13-8-4-5-10-14-33)24(26(31)36)28(22)15-19(29)23(21)39-28/h6,9,15,17-18,21-24,33H,4-5,7-8,10-14,16H2,1-3H3,(H,30,34)/b9-6-/t18-,21+,22-,23+,24+,28-/m0/s1. The zero-order chi connectivity index (χ0) is 28.3. The van der Waals surface area contributed by atoms with Crippen molar-refractivity contribution in [2.24, 2.45) is 11.8 Å². The Labute approximate surface area is 238 Å². The van der Waals surface area contributed by atoms with E-state index < -0.39 is 41.7 Å². The lowest BCUT2D eigenvalue weighted by atomic mass is 9.74. The van der Waals surface area contributed by atoms with Gasteiger partial charge in [-0.15, -0.1) is 0 Å². The second-order valence-corrected chi connectivity index (χ2v) is 12.1. The first-order valence-electron chi connectivity index (χ1n) is 14.0. The highest BCUT2D eigenvalue weighted by Crippen LogP contribution is 2.59. The summed E-state index contributed by atoms with van der Waals surface area (Å²) in [5.74, 6) is -3.03. The minimum atomic E-state index is -1.28. The molecule has 1 spiro atoms. The van der Waals surface area contributed by atoms with Crippen LogP contribution in [0.15, 0.2) is 22.7 Å². The molecule has 0 aliphatic carbocycles. The quantitative estimate of drug-likeness (QED) is 0.257. The van der Waals surface area contributed by atoms with Gasteiger partial charge in [-0.05, 0) is 46.1 Å². The van der Waals surface area contributed by atoms with Crippen LogP contribution in [0.3, 0.4) is 0 Å². The van der Waals surface area contributed by atoms with Gasteiger partial charge in [0.15, 0.2) is 0 Å². The average molecular weight is 611 g/mol. The van der Waals surface area contributed by atoms with E-state index in [4.69, 9.17) is 14.6 Å². The predicted octanol–water partition coefficient (Wildman–Crippen LogP) is 2.05. The van der Waals surface area contributed by atoms with Crippen LogP contribution < -0.4 is 5.32 Å². The molecule has 4 aliphatic rings. The molecule has 4 aliphatic heterocycles. The summed E-state index contributed by atoms with van der Waals surface area (Å²) in [5, 5.41) is 11.9. The lowest BCUT2D eigenvalue weighted by Crippen LogP contribution is -2.57. The van der Waals surface area contributed by atoms with Crippen molar-refractivity contribution in [2.45, 2.75) is 89.2 Å². The van der Waals surface area contributed by atoms with Crippen molar-refractivity contribution >= 4 is 39.6 Å². The monoisotopic (exact) mass is 609 g/mol. The Balaban J connectivity index is 1.73. The molecule has 216 valence electrons. The molecule has 6 atom stereocenters. The maximum Gasteiger partial charge on any atom is 0.313 e. The Morgan fingerprint density at radius 1 is 1.13 bits per heavy atom. The maximum absolute atomic E-state index is 14.3. The number of allylic oxidation sites excluding steroid dienone is 1. The highest BCUT2D eigenvalue weighted by atomic mass is 79.9. The number of fused-ring (bicyclic) bond motifs is 2. The summed E-state index contributed by atoms with van der Waals surface area (Å²) in [6.45, 7) is 6.50. The lowest BCUT2D eigenvalue weighted by Gasteiger charge is -2.37. The van der Waals surface area contributed by atoms with Crippen LogP contribution in [0.1, 0.15) is 59.3 Å². The molecular formula is C28H40BrN3O7. The Morgan fingerprint density at radius 3 is 2.59 bits per heavy atom. The van der Waals surface area contributed by atoms with E-state index in [1.54, 1.807) is 16.7 Å². The zero-order valence-electron chi connectivity index (χ0n) is 22.9. The molecule has 0 saturated carbocycles. The minimum Gasteiger partial charge on any atom is -0.460 e. The number of nitrogens with zero attached hydrogens (tertiary/aromatic N) is 2. The van der Waals surface area contributed by atoms with Crippen LogP contribution in [-0.4, -0.2) is 94.7 Å². The molecule has 39 heavy (non-hydrogen) atoms. The Kier molecular flexibility index (Phi) is 9.54. The smallest absolute Gasteiger partial charge is 0.313 e. The number of aliphatic hydroxyl groups is 1. The number of unbranched alkanes of at least 4 members (excludes halogenated alkanes) is 3. The highest BCUT2D eigenvalue weighted by molar-refractivity contribution is 9.11. The number of likely N-dealkylation sites (tertiary alicyclic amines) is 1. The molecule has 0 unspecified atom stereocenters. The van der Waals surface area contributed by atoms with E-state index in [1.807, 2.05) is 32.1 Å². The van der Waals surface area contributed by atoms with Gasteiger partial charge in [-0.1, -0.05) is 40.9 Å². The van der Waals surface area contributed by atoms with E-state index in [0.29, 0.717) is 36.8 Å². The van der Waals surface area contributed by atoms with Crippen LogP contribution in [0, 0.1) is 11.8 Å². The van der Waals surface area contributed by atoms with Crippen LogP contribution in [0.2, 0.25) is 0 Å². The normalized spacial score (nSPS) is 34.3. The third-order valence-corrected chi connectivity index (χ3v) is 8.74. The van der Waals surface area contributed by atoms with Crippen molar-refractivity contribution in [2.75, 3.05) is 26.2 Å². The fourth-order valence-corrected chi connectivity index (χ4v) is 6.89. The molecule has 10 nitrogen and oxygen atoms in total. The first-order valence-corrected chi connectivity index (χ1v) is 14.8. The molecule has 0 aromatic carbocycles. The summed E-state index contributed by atoms with van der Waals surface area (Å²) in [6.07, 6.45) is 8.03. The molecule has 11 heteroatoms. The number of esters is 1. The summed E-state index contributed by atoms with van der Waals surface area (Å²) in [5.41, 5.74) is -1.28. The van der Waals surface area contributed by atoms with Crippen molar-refractivity contribution in [3.05, 3.63) is 22.7 Å². The highest BCUT2D eigenvalue weighted by Gasteiger charge is 2.74. The molecule has 4 rings (SSSR count). The minimum absolute atomic E-state index is 0.117. The van der Waals surface area contributed by atoms with Crippen LogP contribution in [-0.2, 0) is 28.7 Å². The third kappa shape index (κ3) is 5.81. The molecule has 5 bridgehead atoms. The van der Waals surface area contributed by atoms with Gasteiger partial charge in [0, 0.05) is 36.6 Å². The molecule has 0 aromatic rings. The number of carbonyl (C=O) groups excluding carboxylic acids is 4. The van der Waals surface area contributed by atoms with E-state index in [0.717, 1.165) is 12.8 Å². The fourth-order valence-electron chi connectivity index (χ4n) is 6.15. The zero-order valence-corrected chi connectivity index (χ0v) is 24.5. The number of aliphatic hydroxyl groups excluding tert-OH is 1. The molecule has 2 N–H and O–H groups in total. The topological polar surface area (TPSA) is 125 Å². The number of cyclic esters (lactones) is 1. The number of carbonyl (C=O) groups is 4. The Bertz CT molecular complexity index is 1030. The number of amides is 3. The van der Waals surface area contributed by atoms with Gasteiger partial charge in [0.25, 0.3) is 0 Å². The van der Waals surface area contributed by atoms with Crippen molar-refractivity contribution in [3.8, 4) is 0 Å². The SMILES string of the molecule is CC(C)N1C/C=C\CCC(=O)NC[C@H](C)OC(=O)[C@H]2[C@@H]3O[C@@]4(C=C3Br)[C@@H]2C(=O)N(CCCCCCO)[C@@H]4C1=O. The second-order valence-electron chi connectivity index (χ2n) is 11.1. The predicted molar refractivity (Wildman–Crippen MR) is 146 cm³/mol. The second kappa shape index (κ2) is 12.5. The summed E-state index contributed by atoms with van der Waals surface area (Å²) in [7, 11) is 0. The number of hydrogen-bond donors (Lipinski definition) is 2. The van der Waals surface area contributed by atoms with E-state index in [1.165, 1.54) is 0 Å². The maximum atomic E-state index is 14.3. The van der Waals surface area contributed by atoms with Crippen molar-refractivity contribution in [1.82, 2.24) is 15.1 Å². The Morgan fingerprint density at radius 2 is 1.87 bits per heavy atom. The van der Waals surface area contributed by atoms with Gasteiger partial charge in [0.05, 0.1) is 12.5 Å². The van der Waals surface area contributed by atoms with Gasteiger partial charge in [-0.3, -0.25) is 19.2 Å². The van der Waals surface area contributed by atoms with Gasteiger partial charge in [-0.2, -0.15) is 0 Å². The van der Waals surface area contributed by atoms with Crippen LogP contribution in [0.25, 0.3) is 0 Å². The van der Waals surface area contributed by atoms with E-state index in [-0.39, 0.29) is 43.3 Å². The van der Waals surface area contributed by atoms with Gasteiger partial charge in [0.1, 0.15) is 29.8 Å². The lowest BCUT2D eigenvalue weighted by molar-refractivity contribution is -0.158. The van der Waals surface area contributed by atoms with Gasteiger partial charge in [0.2, 0.25) is 17.7 Å². The largest absolute Gasteiger partial charge is 0.460 e. The number of ether oxygens (including phenoxy) is 2. The van der Waals surface area contributed by atoms with Gasteiger partial charge < -0.3 is 29.7 Å². The average Bonchev–Trinajstić information content (AvgIpc) is 3.47. The first kappa shape index (κ1) is 29.7. The first-order chi connectivity index (χ1) is 18.6. The van der Waals surface area contributed by atoms with Crippen LogP contribution in [0.4, 0.5) is 0 Å². The Hall–Kier alpha value is -2.24. The molecule has 3 amide bonds. The number of rotatable bonds is 7. The molecule has 0 radical (unpaired) electrons. The molecule has 4 heterocycles. The van der Waals surface area contributed by atoms with Crippen LogP contribution >= 0.6 is 15.9 Å². The van der Waals surface area contributed by atoms with Crippen molar-refractivity contribution < 1.29 is 33.8 Å². The van der Waals surface area contributed by atoms with E-state index >= 15 is 0 Å². The van der Waals surface area contributed by atoms with Crippen molar-refractivity contribution in [1.29, 1.82) is 0 Å². The van der Waals surface area contributed by atoms with Gasteiger partial charge in [-0.25, -0.2) is 0 Å². The van der Waals surface area contributed by atoms with Gasteiger partial charge >= 0.3 is 5.97 Å². The number of nitrogens with one attached hydrogen (secondary N) is 1. The van der Waals surface area contributed by atoms with E-state index in [2.05, 4.69) is 21.2 Å². The number of halogens is 1. The fraction of sp³-hybridized carbons (Fsp3) is 0.714. The molecule has 0 aromatic heterocycles. The number of hydrogen-bond acceptors (Lipinski definition) is 7. The summed E-state index contributed by atoms with van der Waals surface area (Å²) < 4.78 is 12.8.